The normalized spacial score (nSPS) is 9.93. The molecule has 0 saturated carbocycles. The zero-order chi connectivity index (χ0) is 10.7. The van der Waals surface area contributed by atoms with E-state index in [-0.39, 0.29) is 5.75 Å². The molecule has 2 aromatic rings. The van der Waals surface area contributed by atoms with Crippen LogP contribution in [-0.4, -0.2) is 22.1 Å². The van der Waals surface area contributed by atoms with Crippen molar-refractivity contribution in [2.24, 2.45) is 0 Å². The van der Waals surface area contributed by atoms with Crippen LogP contribution < -0.4 is 5.32 Å². The van der Waals surface area contributed by atoms with E-state index in [0.29, 0.717) is 5.82 Å². The van der Waals surface area contributed by atoms with E-state index in [0.717, 1.165) is 11.4 Å². The molecule has 0 aliphatic rings. The van der Waals surface area contributed by atoms with Crippen LogP contribution in [0.2, 0.25) is 0 Å². The van der Waals surface area contributed by atoms with Crippen LogP contribution in [0.15, 0.2) is 36.5 Å². The molecule has 4 heteroatoms. The molecule has 0 amide bonds. The SMILES string of the molecule is CNc1ccnc(-c2ccc(O)cc2)n1. The quantitative estimate of drug-likeness (QED) is 0.779. The number of hydrogen-bond acceptors (Lipinski definition) is 4. The summed E-state index contributed by atoms with van der Waals surface area (Å²) in [5.74, 6) is 1.65. The minimum absolute atomic E-state index is 0.239. The van der Waals surface area contributed by atoms with Crippen molar-refractivity contribution in [3.63, 3.8) is 0 Å². The number of benzene rings is 1. The second-order valence-electron chi connectivity index (χ2n) is 3.06. The average molecular weight is 201 g/mol. The van der Waals surface area contributed by atoms with Crippen LogP contribution >= 0.6 is 0 Å². The van der Waals surface area contributed by atoms with E-state index in [1.807, 2.05) is 7.05 Å². The number of phenolic OH excluding ortho intramolecular Hbond substituents is 1. The van der Waals surface area contributed by atoms with Crippen LogP contribution in [0.4, 0.5) is 5.82 Å². The Bertz CT molecular complexity index is 454. The Morgan fingerprint density at radius 1 is 1.13 bits per heavy atom. The summed E-state index contributed by atoms with van der Waals surface area (Å²) in [6.45, 7) is 0. The number of rotatable bonds is 2. The zero-order valence-electron chi connectivity index (χ0n) is 8.31. The lowest BCUT2D eigenvalue weighted by molar-refractivity contribution is 0.475. The van der Waals surface area contributed by atoms with Gasteiger partial charge in [-0.05, 0) is 30.3 Å². The number of nitrogens with one attached hydrogen (secondary N) is 1. The van der Waals surface area contributed by atoms with Crippen LogP contribution in [0.1, 0.15) is 0 Å². The van der Waals surface area contributed by atoms with Gasteiger partial charge in [0.25, 0.3) is 0 Å². The minimum Gasteiger partial charge on any atom is -0.508 e. The van der Waals surface area contributed by atoms with Crippen molar-refractivity contribution in [3.8, 4) is 17.1 Å². The first-order valence-corrected chi connectivity index (χ1v) is 4.60. The van der Waals surface area contributed by atoms with E-state index in [1.54, 1.807) is 36.5 Å². The summed E-state index contributed by atoms with van der Waals surface area (Å²) in [5.41, 5.74) is 0.880. The maximum Gasteiger partial charge on any atom is 0.161 e. The van der Waals surface area contributed by atoms with E-state index < -0.39 is 0 Å². The van der Waals surface area contributed by atoms with Crippen molar-refractivity contribution in [2.75, 3.05) is 12.4 Å². The summed E-state index contributed by atoms with van der Waals surface area (Å²) >= 11 is 0. The van der Waals surface area contributed by atoms with Gasteiger partial charge in [0, 0.05) is 18.8 Å². The Hall–Kier alpha value is -2.10. The van der Waals surface area contributed by atoms with Crippen LogP contribution in [-0.2, 0) is 0 Å². The van der Waals surface area contributed by atoms with Crippen molar-refractivity contribution in [3.05, 3.63) is 36.5 Å². The summed E-state index contributed by atoms with van der Waals surface area (Å²) in [6.07, 6.45) is 1.70. The van der Waals surface area contributed by atoms with Gasteiger partial charge in [-0.15, -0.1) is 0 Å². The highest BCUT2D eigenvalue weighted by Gasteiger charge is 2.01. The average Bonchev–Trinajstić information content (AvgIpc) is 2.30. The van der Waals surface area contributed by atoms with Gasteiger partial charge in [0.05, 0.1) is 0 Å². The first kappa shape index (κ1) is 9.45. The van der Waals surface area contributed by atoms with Gasteiger partial charge >= 0.3 is 0 Å². The summed E-state index contributed by atoms with van der Waals surface area (Å²) in [7, 11) is 1.81. The van der Waals surface area contributed by atoms with Crippen molar-refractivity contribution in [1.29, 1.82) is 0 Å². The molecule has 1 aromatic carbocycles. The third-order valence-corrected chi connectivity index (χ3v) is 2.04. The van der Waals surface area contributed by atoms with E-state index >= 15 is 0 Å². The second-order valence-corrected chi connectivity index (χ2v) is 3.06. The Balaban J connectivity index is 2.40. The second kappa shape index (κ2) is 3.96. The Morgan fingerprint density at radius 2 is 1.87 bits per heavy atom. The predicted octanol–water partition coefficient (Wildman–Crippen LogP) is 1.89. The summed E-state index contributed by atoms with van der Waals surface area (Å²) in [6, 6.07) is 8.59. The molecule has 0 spiro atoms. The van der Waals surface area contributed by atoms with Crippen LogP contribution in [0.5, 0.6) is 5.75 Å². The van der Waals surface area contributed by atoms with Gasteiger partial charge in [0.1, 0.15) is 11.6 Å². The van der Waals surface area contributed by atoms with Crippen LogP contribution in [0.25, 0.3) is 11.4 Å². The Labute approximate surface area is 87.6 Å². The van der Waals surface area contributed by atoms with Crippen molar-refractivity contribution >= 4 is 5.82 Å². The lowest BCUT2D eigenvalue weighted by Crippen LogP contribution is -1.95. The number of hydrogen-bond donors (Lipinski definition) is 2. The first-order chi connectivity index (χ1) is 7.29. The summed E-state index contributed by atoms with van der Waals surface area (Å²) in [4.78, 5) is 8.44. The Kier molecular flexibility index (Phi) is 2.49. The first-order valence-electron chi connectivity index (χ1n) is 4.60. The molecule has 2 N–H and O–H groups in total. The predicted molar refractivity (Wildman–Crippen MR) is 58.7 cm³/mol. The number of phenols is 1. The van der Waals surface area contributed by atoms with Crippen LogP contribution in [0.3, 0.4) is 0 Å². The third kappa shape index (κ3) is 2.04. The van der Waals surface area contributed by atoms with Gasteiger partial charge in [-0.1, -0.05) is 0 Å². The molecule has 1 heterocycles. The highest BCUT2D eigenvalue weighted by atomic mass is 16.3. The zero-order valence-corrected chi connectivity index (χ0v) is 8.31. The molecule has 0 fully saturated rings. The molecule has 0 unspecified atom stereocenters. The molecular weight excluding hydrogens is 190 g/mol. The lowest BCUT2D eigenvalue weighted by Gasteiger charge is -2.02. The van der Waals surface area contributed by atoms with E-state index in [2.05, 4.69) is 15.3 Å². The van der Waals surface area contributed by atoms with Gasteiger partial charge < -0.3 is 10.4 Å². The number of aromatic nitrogens is 2. The molecular formula is C11H11N3O. The molecule has 0 aliphatic carbocycles. The molecule has 0 saturated heterocycles. The molecule has 2 rings (SSSR count). The largest absolute Gasteiger partial charge is 0.508 e. The lowest BCUT2D eigenvalue weighted by atomic mass is 10.2. The highest BCUT2D eigenvalue weighted by molar-refractivity contribution is 5.57. The molecule has 0 aliphatic heterocycles. The van der Waals surface area contributed by atoms with Crippen molar-refractivity contribution in [2.45, 2.75) is 0 Å². The molecule has 0 atom stereocenters. The number of anilines is 1. The van der Waals surface area contributed by atoms with Gasteiger partial charge in [0.2, 0.25) is 0 Å². The maximum atomic E-state index is 9.15. The number of aromatic hydroxyl groups is 1. The summed E-state index contributed by atoms with van der Waals surface area (Å²) < 4.78 is 0. The fourth-order valence-corrected chi connectivity index (χ4v) is 1.25. The molecule has 0 radical (unpaired) electrons. The van der Waals surface area contributed by atoms with Crippen LogP contribution in [0, 0.1) is 0 Å². The molecule has 4 nitrogen and oxygen atoms in total. The number of nitrogens with zero attached hydrogens (tertiary/aromatic N) is 2. The summed E-state index contributed by atoms with van der Waals surface area (Å²) in [5, 5.41) is 12.1. The van der Waals surface area contributed by atoms with Crippen molar-refractivity contribution in [1.82, 2.24) is 9.97 Å². The molecule has 15 heavy (non-hydrogen) atoms. The van der Waals surface area contributed by atoms with Gasteiger partial charge in [0.15, 0.2) is 5.82 Å². The third-order valence-electron chi connectivity index (χ3n) is 2.04. The Morgan fingerprint density at radius 3 is 2.53 bits per heavy atom. The minimum atomic E-state index is 0.239. The molecule has 1 aromatic heterocycles. The van der Waals surface area contributed by atoms with E-state index in [4.69, 9.17) is 5.11 Å². The monoisotopic (exact) mass is 201 g/mol. The smallest absolute Gasteiger partial charge is 0.161 e. The van der Waals surface area contributed by atoms with E-state index in [9.17, 15) is 0 Å². The highest BCUT2D eigenvalue weighted by Crippen LogP contribution is 2.18. The molecule has 0 bridgehead atoms. The molecule has 76 valence electrons. The standard InChI is InChI=1S/C11H11N3O/c1-12-10-6-7-13-11(14-10)8-2-4-9(15)5-3-8/h2-7,15H,1H3,(H,12,13,14). The van der Waals surface area contributed by atoms with E-state index in [1.165, 1.54) is 0 Å². The van der Waals surface area contributed by atoms with Gasteiger partial charge in [-0.3, -0.25) is 0 Å². The fourth-order valence-electron chi connectivity index (χ4n) is 1.25. The maximum absolute atomic E-state index is 9.15. The topological polar surface area (TPSA) is 58.0 Å². The fraction of sp³-hybridized carbons (Fsp3) is 0.0909. The van der Waals surface area contributed by atoms with Crippen molar-refractivity contribution < 1.29 is 5.11 Å². The van der Waals surface area contributed by atoms with Gasteiger partial charge in [-0.2, -0.15) is 0 Å². The van der Waals surface area contributed by atoms with Gasteiger partial charge in [-0.25, -0.2) is 9.97 Å².